The molecule has 2 N–H and O–H groups in total. The van der Waals surface area contributed by atoms with Crippen LogP contribution in [0.2, 0.25) is 0 Å². The van der Waals surface area contributed by atoms with E-state index in [4.69, 9.17) is 14.6 Å². The van der Waals surface area contributed by atoms with Gasteiger partial charge in [-0.15, -0.1) is 5.10 Å². The van der Waals surface area contributed by atoms with Crippen molar-refractivity contribution in [1.29, 1.82) is 0 Å². The van der Waals surface area contributed by atoms with Crippen molar-refractivity contribution < 1.29 is 14.3 Å². The first kappa shape index (κ1) is 27.1. The maximum atomic E-state index is 13.8. The standard InChI is InChI=1S/C27H32BrN5O3S/c1-6-12-36-24-20(28)14-18(15-21(24)35-7-2)23-22(25(34)30-19-11-9-10-16(4)13-19)17(5)29-26-31-27(37-8-3)32-33(23)26/h9-11,13-15,23H,6-8,12H2,1-5H3,(H,30,34)(H,29,31,32). The van der Waals surface area contributed by atoms with Crippen LogP contribution < -0.4 is 20.1 Å². The van der Waals surface area contributed by atoms with Crippen LogP contribution >= 0.6 is 27.7 Å². The topological polar surface area (TPSA) is 90.3 Å². The number of hydrogen-bond donors (Lipinski definition) is 2. The van der Waals surface area contributed by atoms with E-state index in [1.54, 1.807) is 16.4 Å². The number of allylic oxidation sites excluding steroid dienone is 1. The molecule has 1 amide bonds. The second-order valence-electron chi connectivity index (χ2n) is 8.60. The van der Waals surface area contributed by atoms with E-state index in [-0.39, 0.29) is 5.91 Å². The third-order valence-electron chi connectivity index (χ3n) is 5.73. The molecule has 0 radical (unpaired) electrons. The molecule has 2 aromatic carbocycles. The van der Waals surface area contributed by atoms with E-state index >= 15 is 0 Å². The van der Waals surface area contributed by atoms with Gasteiger partial charge in [-0.3, -0.25) is 4.79 Å². The molecule has 0 spiro atoms. The zero-order chi connectivity index (χ0) is 26.5. The van der Waals surface area contributed by atoms with Crippen LogP contribution in [0.15, 0.2) is 57.3 Å². The number of carbonyl (C=O) groups is 1. The summed E-state index contributed by atoms with van der Waals surface area (Å²) in [5.41, 5.74) is 3.88. The van der Waals surface area contributed by atoms with Crippen molar-refractivity contribution in [2.24, 2.45) is 0 Å². The molecule has 8 nitrogen and oxygen atoms in total. The number of carbonyl (C=O) groups excluding carboxylic acids is 1. The second-order valence-corrected chi connectivity index (χ2v) is 10.7. The Bertz CT molecular complexity index is 1320. The van der Waals surface area contributed by atoms with Crippen LogP contribution in [0.5, 0.6) is 11.5 Å². The van der Waals surface area contributed by atoms with Crippen LogP contribution in [0.1, 0.15) is 51.3 Å². The highest BCUT2D eigenvalue weighted by Crippen LogP contribution is 2.43. The molecular weight excluding hydrogens is 554 g/mol. The number of amides is 1. The number of aromatic nitrogens is 3. The van der Waals surface area contributed by atoms with Crippen molar-refractivity contribution >= 4 is 45.2 Å². The number of halogens is 1. The fourth-order valence-electron chi connectivity index (χ4n) is 4.20. The number of ether oxygens (including phenoxy) is 2. The van der Waals surface area contributed by atoms with Gasteiger partial charge in [-0.25, -0.2) is 4.68 Å². The summed E-state index contributed by atoms with van der Waals surface area (Å²) in [5.74, 6) is 2.47. The van der Waals surface area contributed by atoms with Crippen LogP contribution in [0.3, 0.4) is 0 Å². The maximum absolute atomic E-state index is 13.8. The second kappa shape index (κ2) is 12.0. The minimum atomic E-state index is -0.532. The summed E-state index contributed by atoms with van der Waals surface area (Å²) in [7, 11) is 0. The molecule has 0 saturated heterocycles. The van der Waals surface area contributed by atoms with Crippen molar-refractivity contribution in [1.82, 2.24) is 14.8 Å². The van der Waals surface area contributed by atoms with E-state index in [0.29, 0.717) is 47.1 Å². The number of hydrogen-bond acceptors (Lipinski definition) is 7. The first-order valence-electron chi connectivity index (χ1n) is 12.4. The van der Waals surface area contributed by atoms with Gasteiger partial charge in [0.1, 0.15) is 6.04 Å². The molecule has 1 unspecified atom stereocenters. The van der Waals surface area contributed by atoms with Crippen molar-refractivity contribution in [2.75, 3.05) is 29.6 Å². The molecular formula is C27H32BrN5O3S. The van der Waals surface area contributed by atoms with Gasteiger partial charge in [0, 0.05) is 11.4 Å². The molecule has 1 aliphatic rings. The van der Waals surface area contributed by atoms with Crippen LogP contribution in [-0.2, 0) is 4.79 Å². The summed E-state index contributed by atoms with van der Waals surface area (Å²) >= 11 is 5.23. The Kier molecular flexibility index (Phi) is 8.81. The molecule has 1 aliphatic heterocycles. The van der Waals surface area contributed by atoms with E-state index < -0.39 is 6.04 Å². The third kappa shape index (κ3) is 5.96. The molecule has 0 aliphatic carbocycles. The number of aryl methyl sites for hydroxylation is 1. The number of benzene rings is 2. The number of rotatable bonds is 10. The molecule has 0 saturated carbocycles. The van der Waals surface area contributed by atoms with Crippen molar-refractivity contribution in [2.45, 2.75) is 52.2 Å². The normalized spacial score (nSPS) is 14.7. The van der Waals surface area contributed by atoms with E-state index in [0.717, 1.165) is 33.5 Å². The molecule has 0 bridgehead atoms. The summed E-state index contributed by atoms with van der Waals surface area (Å²) in [6, 6.07) is 11.1. The van der Waals surface area contributed by atoms with E-state index in [1.165, 1.54) is 0 Å². The summed E-state index contributed by atoms with van der Waals surface area (Å²) < 4.78 is 14.5. The molecule has 0 fully saturated rings. The lowest BCUT2D eigenvalue weighted by molar-refractivity contribution is -0.113. The van der Waals surface area contributed by atoms with Gasteiger partial charge in [0.2, 0.25) is 11.1 Å². The third-order valence-corrected chi connectivity index (χ3v) is 7.03. The van der Waals surface area contributed by atoms with Gasteiger partial charge in [0.05, 0.1) is 23.3 Å². The van der Waals surface area contributed by atoms with Crippen LogP contribution in [-0.4, -0.2) is 39.6 Å². The minimum absolute atomic E-state index is 0.216. The lowest BCUT2D eigenvalue weighted by Crippen LogP contribution is -2.31. The molecule has 37 heavy (non-hydrogen) atoms. The Balaban J connectivity index is 1.83. The zero-order valence-electron chi connectivity index (χ0n) is 21.7. The monoisotopic (exact) mass is 585 g/mol. The molecule has 4 rings (SSSR count). The molecule has 196 valence electrons. The van der Waals surface area contributed by atoms with Gasteiger partial charge in [0.25, 0.3) is 5.91 Å². The number of thioether (sulfide) groups is 1. The number of nitrogens with zero attached hydrogens (tertiary/aromatic N) is 3. The fourth-order valence-corrected chi connectivity index (χ4v) is 5.33. The largest absolute Gasteiger partial charge is 0.490 e. The van der Waals surface area contributed by atoms with Gasteiger partial charge >= 0.3 is 0 Å². The van der Waals surface area contributed by atoms with Crippen molar-refractivity contribution in [3.63, 3.8) is 0 Å². The highest BCUT2D eigenvalue weighted by Gasteiger charge is 2.35. The first-order chi connectivity index (χ1) is 17.9. The summed E-state index contributed by atoms with van der Waals surface area (Å²) in [4.78, 5) is 18.4. The van der Waals surface area contributed by atoms with Gasteiger partial charge < -0.3 is 20.1 Å². The Morgan fingerprint density at radius 2 is 2.00 bits per heavy atom. The maximum Gasteiger partial charge on any atom is 0.255 e. The fraction of sp³-hybridized carbons (Fsp3) is 0.370. The summed E-state index contributed by atoms with van der Waals surface area (Å²) in [5, 5.41) is 11.8. The van der Waals surface area contributed by atoms with E-state index in [2.05, 4.69) is 45.4 Å². The highest BCUT2D eigenvalue weighted by molar-refractivity contribution is 9.10. The SMILES string of the molecule is CCCOc1c(Br)cc(C2C(C(=O)Nc3cccc(C)c3)=C(C)Nc3nc(SCC)nn32)cc1OCC. The van der Waals surface area contributed by atoms with E-state index in [9.17, 15) is 4.79 Å². The summed E-state index contributed by atoms with van der Waals surface area (Å²) in [6.07, 6.45) is 0.874. The molecule has 10 heteroatoms. The zero-order valence-corrected chi connectivity index (χ0v) is 24.1. The number of fused-ring (bicyclic) bond motifs is 1. The smallest absolute Gasteiger partial charge is 0.255 e. The molecule has 1 aromatic heterocycles. The van der Waals surface area contributed by atoms with Gasteiger partial charge in [-0.2, -0.15) is 4.98 Å². The lowest BCUT2D eigenvalue weighted by atomic mass is 9.94. The Hall–Kier alpha value is -2.98. The highest BCUT2D eigenvalue weighted by atomic mass is 79.9. The van der Waals surface area contributed by atoms with Gasteiger partial charge in [-0.05, 0) is 84.3 Å². The van der Waals surface area contributed by atoms with Crippen LogP contribution in [0.4, 0.5) is 11.6 Å². The lowest BCUT2D eigenvalue weighted by Gasteiger charge is -2.29. The average Bonchev–Trinajstić information content (AvgIpc) is 3.24. The first-order valence-corrected chi connectivity index (χ1v) is 14.2. The number of anilines is 2. The quantitative estimate of drug-likeness (QED) is 0.260. The molecule has 2 heterocycles. The van der Waals surface area contributed by atoms with Crippen LogP contribution in [0, 0.1) is 6.92 Å². The van der Waals surface area contributed by atoms with Gasteiger partial charge in [0.15, 0.2) is 11.5 Å². The predicted octanol–water partition coefficient (Wildman–Crippen LogP) is 6.58. The number of nitrogens with one attached hydrogen (secondary N) is 2. The Morgan fingerprint density at radius 1 is 1.19 bits per heavy atom. The van der Waals surface area contributed by atoms with Crippen molar-refractivity contribution in [3.05, 3.63) is 63.3 Å². The van der Waals surface area contributed by atoms with E-state index in [1.807, 2.05) is 57.2 Å². The Morgan fingerprint density at radius 3 is 2.70 bits per heavy atom. The summed E-state index contributed by atoms with van der Waals surface area (Å²) in [6.45, 7) is 11.0. The van der Waals surface area contributed by atoms with Crippen molar-refractivity contribution in [3.8, 4) is 11.5 Å². The van der Waals surface area contributed by atoms with Gasteiger partial charge in [-0.1, -0.05) is 37.7 Å². The predicted molar refractivity (Wildman–Crippen MR) is 152 cm³/mol. The van der Waals surface area contributed by atoms with Crippen LogP contribution in [0.25, 0.3) is 0 Å². The molecule has 3 aromatic rings. The molecule has 1 atom stereocenters. The Labute approximate surface area is 230 Å². The minimum Gasteiger partial charge on any atom is -0.490 e. The average molecular weight is 587 g/mol.